The van der Waals surface area contributed by atoms with Crippen LogP contribution < -0.4 is 5.32 Å². The van der Waals surface area contributed by atoms with E-state index >= 15 is 0 Å². The van der Waals surface area contributed by atoms with Gasteiger partial charge < -0.3 is 15.0 Å². The third kappa shape index (κ3) is 2.04. The maximum atomic E-state index is 12.1. The molecule has 2 aliphatic rings. The molecule has 1 aliphatic heterocycles. The van der Waals surface area contributed by atoms with Crippen LogP contribution in [0, 0.1) is 11.8 Å². The Balaban J connectivity index is 2.28. The fraction of sp³-hybridized carbons (Fsp3) is 0.833. The normalized spacial score (nSPS) is 36.6. The summed E-state index contributed by atoms with van der Waals surface area (Å²) in [5, 5.41) is 2.86. The van der Waals surface area contributed by atoms with E-state index in [0.29, 0.717) is 12.3 Å². The Morgan fingerprint density at radius 1 is 1.41 bits per heavy atom. The monoisotopic (exact) mass is 240 g/mol. The number of methoxy groups -OCH3 is 1. The number of likely N-dealkylation sites (tertiary alicyclic amines) is 1. The molecule has 1 heterocycles. The van der Waals surface area contributed by atoms with Gasteiger partial charge in [-0.2, -0.15) is 0 Å². The fourth-order valence-electron chi connectivity index (χ4n) is 3.52. The van der Waals surface area contributed by atoms with Crippen LogP contribution in [0.15, 0.2) is 0 Å². The highest BCUT2D eigenvalue weighted by Gasteiger charge is 2.56. The zero-order chi connectivity index (χ0) is 12.6. The van der Waals surface area contributed by atoms with Crippen molar-refractivity contribution in [2.75, 3.05) is 27.2 Å². The zero-order valence-electron chi connectivity index (χ0n) is 10.7. The summed E-state index contributed by atoms with van der Waals surface area (Å²) in [4.78, 5) is 25.7. The lowest BCUT2D eigenvalue weighted by Gasteiger charge is -2.35. The molecule has 2 rings (SSSR count). The third-order valence-corrected chi connectivity index (χ3v) is 3.98. The first-order chi connectivity index (χ1) is 7.98. The molecule has 0 aromatic carbocycles. The van der Waals surface area contributed by atoms with Crippen molar-refractivity contribution < 1.29 is 14.3 Å². The zero-order valence-corrected chi connectivity index (χ0v) is 10.7. The molecule has 96 valence electrons. The van der Waals surface area contributed by atoms with E-state index in [-0.39, 0.29) is 17.8 Å². The number of amides is 1. The molecule has 0 aromatic heterocycles. The number of rotatable bonds is 2. The van der Waals surface area contributed by atoms with Crippen LogP contribution in [0.4, 0.5) is 0 Å². The molecule has 5 heteroatoms. The molecule has 0 spiro atoms. The summed E-state index contributed by atoms with van der Waals surface area (Å²) >= 11 is 0. The van der Waals surface area contributed by atoms with Crippen LogP contribution in [-0.2, 0) is 14.3 Å². The minimum Gasteiger partial charge on any atom is -0.467 e. The Kier molecular flexibility index (Phi) is 3.12. The molecule has 1 aliphatic carbocycles. The van der Waals surface area contributed by atoms with Crippen molar-refractivity contribution in [2.24, 2.45) is 11.8 Å². The molecular weight excluding hydrogens is 220 g/mol. The van der Waals surface area contributed by atoms with E-state index in [1.54, 1.807) is 0 Å². The Morgan fingerprint density at radius 2 is 2.12 bits per heavy atom. The van der Waals surface area contributed by atoms with Gasteiger partial charge in [-0.15, -0.1) is 0 Å². The minimum atomic E-state index is -0.796. The van der Waals surface area contributed by atoms with Crippen LogP contribution in [0.2, 0.25) is 0 Å². The molecule has 3 atom stereocenters. The van der Waals surface area contributed by atoms with E-state index < -0.39 is 5.54 Å². The summed E-state index contributed by atoms with van der Waals surface area (Å²) in [5.41, 5.74) is -0.796. The molecular formula is C12H20N2O3. The summed E-state index contributed by atoms with van der Waals surface area (Å²) in [6.45, 7) is 3.29. The van der Waals surface area contributed by atoms with Crippen molar-refractivity contribution in [2.45, 2.75) is 25.3 Å². The van der Waals surface area contributed by atoms with Gasteiger partial charge in [0.1, 0.15) is 5.54 Å². The van der Waals surface area contributed by atoms with Crippen molar-refractivity contribution in [3.05, 3.63) is 0 Å². The highest BCUT2D eigenvalue weighted by atomic mass is 16.5. The number of nitrogens with one attached hydrogen (secondary N) is 1. The molecule has 5 nitrogen and oxygen atoms in total. The van der Waals surface area contributed by atoms with Crippen molar-refractivity contribution in [3.8, 4) is 0 Å². The third-order valence-electron chi connectivity index (χ3n) is 3.98. The van der Waals surface area contributed by atoms with Gasteiger partial charge in [0, 0.05) is 25.9 Å². The number of hydrogen-bond donors (Lipinski definition) is 1. The highest BCUT2D eigenvalue weighted by Crippen LogP contribution is 2.44. The maximum absolute atomic E-state index is 12.1. The number of fused-ring (bicyclic) bond motifs is 2. The second kappa shape index (κ2) is 4.29. The van der Waals surface area contributed by atoms with Gasteiger partial charge in [0.15, 0.2) is 0 Å². The summed E-state index contributed by atoms with van der Waals surface area (Å²) in [5.74, 6) is 0.188. The number of piperidine rings is 1. The number of carbonyl (C=O) groups excluding carboxylic acids is 2. The molecule has 1 saturated heterocycles. The molecule has 17 heavy (non-hydrogen) atoms. The lowest BCUT2D eigenvalue weighted by Crippen LogP contribution is -2.58. The quantitative estimate of drug-likeness (QED) is 0.691. The van der Waals surface area contributed by atoms with Crippen LogP contribution in [0.3, 0.4) is 0 Å². The number of carbonyl (C=O) groups is 2. The standard InChI is InChI=1S/C12H20N2O3/c1-8(15)13-12(11(16)17-3)5-9-4-10(12)7-14(2)6-9/h9-10H,4-7H2,1-3H3,(H,13,15)/t9-,10-,12+/m1/s1. The van der Waals surface area contributed by atoms with Crippen LogP contribution in [0.1, 0.15) is 19.8 Å². The van der Waals surface area contributed by atoms with E-state index in [0.717, 1.165) is 19.5 Å². The lowest BCUT2D eigenvalue weighted by atomic mass is 9.86. The van der Waals surface area contributed by atoms with Gasteiger partial charge in [0.05, 0.1) is 7.11 Å². The lowest BCUT2D eigenvalue weighted by molar-refractivity contribution is -0.152. The molecule has 1 amide bonds. The Morgan fingerprint density at radius 3 is 2.71 bits per heavy atom. The van der Waals surface area contributed by atoms with Crippen molar-refractivity contribution in [1.29, 1.82) is 0 Å². The summed E-state index contributed by atoms with van der Waals surface area (Å²) < 4.78 is 4.91. The Bertz CT molecular complexity index is 345. The first-order valence-electron chi connectivity index (χ1n) is 6.03. The van der Waals surface area contributed by atoms with E-state index in [2.05, 4.69) is 17.3 Å². The molecule has 0 radical (unpaired) electrons. The Hall–Kier alpha value is -1.10. The molecule has 2 fully saturated rings. The summed E-state index contributed by atoms with van der Waals surface area (Å²) in [6, 6.07) is 0. The number of nitrogens with zero attached hydrogens (tertiary/aromatic N) is 1. The van der Waals surface area contributed by atoms with Crippen molar-refractivity contribution in [1.82, 2.24) is 10.2 Å². The topological polar surface area (TPSA) is 58.6 Å². The summed E-state index contributed by atoms with van der Waals surface area (Å²) in [7, 11) is 3.44. The van der Waals surface area contributed by atoms with Gasteiger partial charge in [0.2, 0.25) is 5.91 Å². The van der Waals surface area contributed by atoms with Crippen molar-refractivity contribution in [3.63, 3.8) is 0 Å². The van der Waals surface area contributed by atoms with Crippen LogP contribution in [0.5, 0.6) is 0 Å². The molecule has 1 N–H and O–H groups in total. The van der Waals surface area contributed by atoms with E-state index in [9.17, 15) is 9.59 Å². The van der Waals surface area contributed by atoms with Gasteiger partial charge in [0.25, 0.3) is 0 Å². The second-order valence-corrected chi connectivity index (χ2v) is 5.37. The predicted molar refractivity (Wildman–Crippen MR) is 62.3 cm³/mol. The fourth-order valence-corrected chi connectivity index (χ4v) is 3.52. The van der Waals surface area contributed by atoms with Crippen LogP contribution >= 0.6 is 0 Å². The molecule has 1 saturated carbocycles. The summed E-state index contributed by atoms with van der Waals surface area (Å²) in [6.07, 6.45) is 1.70. The first kappa shape index (κ1) is 12.4. The average Bonchev–Trinajstić information content (AvgIpc) is 2.49. The first-order valence-corrected chi connectivity index (χ1v) is 6.03. The largest absolute Gasteiger partial charge is 0.467 e. The maximum Gasteiger partial charge on any atom is 0.331 e. The number of hydrogen-bond acceptors (Lipinski definition) is 4. The highest BCUT2D eigenvalue weighted by molar-refractivity contribution is 5.88. The van der Waals surface area contributed by atoms with Crippen molar-refractivity contribution >= 4 is 11.9 Å². The molecule has 2 bridgehead atoms. The van der Waals surface area contributed by atoms with Gasteiger partial charge in [-0.25, -0.2) is 4.79 Å². The van der Waals surface area contributed by atoms with Crippen LogP contribution in [-0.4, -0.2) is 49.6 Å². The van der Waals surface area contributed by atoms with E-state index in [1.165, 1.54) is 14.0 Å². The second-order valence-electron chi connectivity index (χ2n) is 5.37. The Labute approximate surface area is 101 Å². The van der Waals surface area contributed by atoms with Gasteiger partial charge >= 0.3 is 5.97 Å². The molecule has 0 unspecified atom stereocenters. The van der Waals surface area contributed by atoms with E-state index in [1.807, 2.05) is 0 Å². The van der Waals surface area contributed by atoms with E-state index in [4.69, 9.17) is 4.74 Å². The van der Waals surface area contributed by atoms with Gasteiger partial charge in [-0.05, 0) is 25.8 Å². The minimum absolute atomic E-state index is 0.161. The molecule has 0 aromatic rings. The number of esters is 1. The average molecular weight is 240 g/mol. The predicted octanol–water partition coefficient (Wildman–Crippen LogP) is 0.00590. The van der Waals surface area contributed by atoms with Gasteiger partial charge in [-0.3, -0.25) is 4.79 Å². The van der Waals surface area contributed by atoms with Crippen LogP contribution in [0.25, 0.3) is 0 Å². The van der Waals surface area contributed by atoms with Gasteiger partial charge in [-0.1, -0.05) is 0 Å². The smallest absolute Gasteiger partial charge is 0.331 e. The SMILES string of the molecule is COC(=O)[C@]1(NC(C)=O)C[C@H]2C[C@@H]1CN(C)C2. The number of ether oxygens (including phenoxy) is 1.